The Morgan fingerprint density at radius 1 is 1.65 bits per heavy atom. The summed E-state index contributed by atoms with van der Waals surface area (Å²) in [6.45, 7) is 6.91. The Morgan fingerprint density at radius 3 is 2.76 bits per heavy atom. The van der Waals surface area contributed by atoms with E-state index in [1.54, 1.807) is 13.2 Å². The molecular weight excluding hydrogens is 216 g/mol. The molecule has 4 nitrogen and oxygen atoms in total. The Bertz CT molecular complexity index is 264. The molecule has 0 saturated heterocycles. The number of amides is 1. The van der Waals surface area contributed by atoms with Gasteiger partial charge in [-0.05, 0) is 32.1 Å². The fourth-order valence-corrected chi connectivity index (χ4v) is 2.03. The van der Waals surface area contributed by atoms with Gasteiger partial charge in [-0.3, -0.25) is 4.79 Å². The molecule has 2 unspecified atom stereocenters. The van der Waals surface area contributed by atoms with Crippen molar-refractivity contribution >= 4 is 5.91 Å². The van der Waals surface area contributed by atoms with Gasteiger partial charge in [0.25, 0.3) is 0 Å². The third kappa shape index (κ3) is 4.13. The fourth-order valence-electron chi connectivity index (χ4n) is 2.03. The lowest BCUT2D eigenvalue weighted by atomic mass is 10.1. The number of carbonyl (C=O) groups excluding carboxylic acids is 1. The molecule has 2 N–H and O–H groups in total. The molecule has 1 fully saturated rings. The van der Waals surface area contributed by atoms with Gasteiger partial charge in [-0.25, -0.2) is 0 Å². The Morgan fingerprint density at radius 2 is 2.29 bits per heavy atom. The van der Waals surface area contributed by atoms with Crippen molar-refractivity contribution in [2.75, 3.05) is 20.3 Å². The highest BCUT2D eigenvalue weighted by Crippen LogP contribution is 2.35. The molecule has 1 saturated carbocycles. The molecule has 1 amide bonds. The molecule has 17 heavy (non-hydrogen) atoms. The summed E-state index contributed by atoms with van der Waals surface area (Å²) >= 11 is 0. The van der Waals surface area contributed by atoms with E-state index >= 15 is 0 Å². The Kier molecular flexibility index (Phi) is 5.65. The number of ether oxygens (including phenoxy) is 1. The summed E-state index contributed by atoms with van der Waals surface area (Å²) in [6.07, 6.45) is 4.65. The molecule has 2 atom stereocenters. The van der Waals surface area contributed by atoms with Gasteiger partial charge in [0, 0.05) is 19.7 Å². The number of hydrogen-bond donors (Lipinski definition) is 1. The molecule has 0 aliphatic heterocycles. The van der Waals surface area contributed by atoms with Crippen LogP contribution in [-0.2, 0) is 9.53 Å². The van der Waals surface area contributed by atoms with Crippen molar-refractivity contribution in [3.05, 3.63) is 12.7 Å². The summed E-state index contributed by atoms with van der Waals surface area (Å²) in [6, 6.07) is -0.195. The second-order valence-electron chi connectivity index (χ2n) is 4.73. The number of methoxy groups -OCH3 is 1. The number of hydrogen-bond acceptors (Lipinski definition) is 3. The highest BCUT2D eigenvalue weighted by Gasteiger charge is 2.35. The first-order chi connectivity index (χ1) is 8.11. The van der Waals surface area contributed by atoms with Crippen LogP contribution in [0.5, 0.6) is 0 Å². The average molecular weight is 240 g/mol. The van der Waals surface area contributed by atoms with E-state index in [9.17, 15) is 4.79 Å². The normalized spacial score (nSPS) is 18.5. The summed E-state index contributed by atoms with van der Waals surface area (Å²) in [5.41, 5.74) is 5.86. The van der Waals surface area contributed by atoms with Crippen LogP contribution in [0.2, 0.25) is 0 Å². The highest BCUT2D eigenvalue weighted by atomic mass is 16.5. The summed E-state index contributed by atoms with van der Waals surface area (Å²) in [5, 5.41) is 0. The Balaban J connectivity index is 2.59. The zero-order chi connectivity index (χ0) is 12.8. The quantitative estimate of drug-likeness (QED) is 0.648. The van der Waals surface area contributed by atoms with Crippen LogP contribution in [0, 0.1) is 5.92 Å². The van der Waals surface area contributed by atoms with Gasteiger partial charge >= 0.3 is 0 Å². The third-order valence-electron chi connectivity index (χ3n) is 3.35. The van der Waals surface area contributed by atoms with Crippen LogP contribution in [0.4, 0.5) is 0 Å². The molecular formula is C13H24N2O2. The van der Waals surface area contributed by atoms with Crippen molar-refractivity contribution in [2.24, 2.45) is 11.7 Å². The maximum Gasteiger partial charge on any atom is 0.240 e. The van der Waals surface area contributed by atoms with Crippen LogP contribution in [-0.4, -0.2) is 43.2 Å². The predicted octanol–water partition coefficient (Wildman–Crippen LogP) is 1.16. The van der Waals surface area contributed by atoms with Crippen molar-refractivity contribution < 1.29 is 9.53 Å². The summed E-state index contributed by atoms with van der Waals surface area (Å²) < 4.78 is 5.06. The van der Waals surface area contributed by atoms with E-state index in [4.69, 9.17) is 10.5 Å². The number of rotatable bonds is 8. The van der Waals surface area contributed by atoms with Crippen LogP contribution >= 0.6 is 0 Å². The molecule has 0 radical (unpaired) electrons. The van der Waals surface area contributed by atoms with E-state index in [-0.39, 0.29) is 11.9 Å². The minimum absolute atomic E-state index is 0.0151. The van der Waals surface area contributed by atoms with E-state index < -0.39 is 6.04 Å². The van der Waals surface area contributed by atoms with Crippen LogP contribution in [0.15, 0.2) is 12.7 Å². The second-order valence-corrected chi connectivity index (χ2v) is 4.73. The number of nitrogens with two attached hydrogens (primary N) is 1. The monoisotopic (exact) mass is 240 g/mol. The van der Waals surface area contributed by atoms with Crippen LogP contribution in [0.1, 0.15) is 26.2 Å². The smallest absolute Gasteiger partial charge is 0.240 e. The molecule has 1 aliphatic carbocycles. The molecule has 0 bridgehead atoms. The molecule has 98 valence electrons. The molecule has 0 aromatic heterocycles. The first kappa shape index (κ1) is 14.2. The molecule has 0 spiro atoms. The van der Waals surface area contributed by atoms with E-state index in [1.165, 1.54) is 12.8 Å². The molecule has 1 aliphatic rings. The molecule has 0 aromatic rings. The van der Waals surface area contributed by atoms with Gasteiger partial charge in [-0.1, -0.05) is 6.08 Å². The lowest BCUT2D eigenvalue weighted by Gasteiger charge is -2.31. The maximum absolute atomic E-state index is 12.2. The fraction of sp³-hybridized carbons (Fsp3) is 0.769. The lowest BCUT2D eigenvalue weighted by Crippen LogP contribution is -2.49. The SMILES string of the molecule is C=CCC(N)C(=O)N(CCOC)C(C)C1CC1. The van der Waals surface area contributed by atoms with Gasteiger partial charge in [0.15, 0.2) is 0 Å². The molecule has 0 heterocycles. The van der Waals surface area contributed by atoms with Crippen molar-refractivity contribution in [1.29, 1.82) is 0 Å². The summed E-state index contributed by atoms with van der Waals surface area (Å²) in [5.74, 6) is 0.660. The zero-order valence-corrected chi connectivity index (χ0v) is 10.9. The zero-order valence-electron chi connectivity index (χ0n) is 10.9. The van der Waals surface area contributed by atoms with Gasteiger partial charge in [0.2, 0.25) is 5.91 Å². The molecule has 1 rings (SSSR count). The topological polar surface area (TPSA) is 55.6 Å². The van der Waals surface area contributed by atoms with Gasteiger partial charge < -0.3 is 15.4 Å². The standard InChI is InChI=1S/C13H24N2O2/c1-4-5-12(14)13(16)15(8-9-17-3)10(2)11-6-7-11/h4,10-12H,1,5-9,14H2,2-3H3. The van der Waals surface area contributed by atoms with E-state index in [1.807, 2.05) is 4.90 Å². The van der Waals surface area contributed by atoms with Gasteiger partial charge in [0.05, 0.1) is 12.6 Å². The number of nitrogens with zero attached hydrogens (tertiary/aromatic N) is 1. The second kappa shape index (κ2) is 6.77. The van der Waals surface area contributed by atoms with E-state index in [0.717, 1.165) is 0 Å². The van der Waals surface area contributed by atoms with Crippen molar-refractivity contribution in [3.63, 3.8) is 0 Å². The Hall–Kier alpha value is -0.870. The van der Waals surface area contributed by atoms with Gasteiger partial charge in [0.1, 0.15) is 0 Å². The number of carbonyl (C=O) groups is 1. The predicted molar refractivity (Wildman–Crippen MR) is 68.6 cm³/mol. The third-order valence-corrected chi connectivity index (χ3v) is 3.35. The largest absolute Gasteiger partial charge is 0.383 e. The minimum atomic E-state index is -0.467. The highest BCUT2D eigenvalue weighted by molar-refractivity contribution is 5.82. The maximum atomic E-state index is 12.2. The van der Waals surface area contributed by atoms with Gasteiger partial charge in [-0.2, -0.15) is 0 Å². The minimum Gasteiger partial charge on any atom is -0.383 e. The first-order valence-electron chi connectivity index (χ1n) is 6.27. The van der Waals surface area contributed by atoms with Crippen molar-refractivity contribution in [1.82, 2.24) is 4.90 Å². The summed E-state index contributed by atoms with van der Waals surface area (Å²) in [7, 11) is 1.65. The van der Waals surface area contributed by atoms with Crippen LogP contribution in [0.25, 0.3) is 0 Å². The van der Waals surface area contributed by atoms with E-state index in [2.05, 4.69) is 13.5 Å². The van der Waals surface area contributed by atoms with Crippen LogP contribution < -0.4 is 5.73 Å². The average Bonchev–Trinajstić information content (AvgIpc) is 3.13. The molecule has 0 aromatic carbocycles. The summed E-state index contributed by atoms with van der Waals surface area (Å²) in [4.78, 5) is 14.1. The van der Waals surface area contributed by atoms with Gasteiger partial charge in [-0.15, -0.1) is 6.58 Å². The van der Waals surface area contributed by atoms with Crippen LogP contribution in [0.3, 0.4) is 0 Å². The van der Waals surface area contributed by atoms with Crippen molar-refractivity contribution in [2.45, 2.75) is 38.3 Å². The van der Waals surface area contributed by atoms with Crippen molar-refractivity contribution in [3.8, 4) is 0 Å². The Labute approximate surface area is 104 Å². The lowest BCUT2D eigenvalue weighted by molar-refractivity contribution is -0.135. The first-order valence-corrected chi connectivity index (χ1v) is 6.27. The molecule has 4 heteroatoms. The van der Waals surface area contributed by atoms with E-state index in [0.29, 0.717) is 25.5 Å².